The van der Waals surface area contributed by atoms with E-state index < -0.39 is 12.1 Å². The smallest absolute Gasteiger partial charge is 0.344 e. The summed E-state index contributed by atoms with van der Waals surface area (Å²) in [6, 6.07) is 3.73. The van der Waals surface area contributed by atoms with Crippen LogP contribution in [0.15, 0.2) is 18.3 Å². The van der Waals surface area contributed by atoms with Crippen molar-refractivity contribution in [1.29, 1.82) is 0 Å². The lowest BCUT2D eigenvalue weighted by molar-refractivity contribution is -0.145. The van der Waals surface area contributed by atoms with E-state index >= 15 is 0 Å². The van der Waals surface area contributed by atoms with Crippen LogP contribution in [-0.4, -0.2) is 22.2 Å². The molecule has 0 saturated heterocycles. The SMILES string of the molecule is O=C(O)C1CCc2cccnc2O1. The Kier molecular flexibility index (Phi) is 1.88. The molecule has 0 bridgehead atoms. The molecule has 0 radical (unpaired) electrons. The van der Waals surface area contributed by atoms with Crippen LogP contribution in [0.2, 0.25) is 0 Å². The van der Waals surface area contributed by atoms with Crippen molar-refractivity contribution in [2.75, 3.05) is 0 Å². The van der Waals surface area contributed by atoms with Crippen molar-refractivity contribution in [3.8, 4) is 5.88 Å². The van der Waals surface area contributed by atoms with E-state index in [1.54, 1.807) is 6.20 Å². The third kappa shape index (κ3) is 1.47. The fraction of sp³-hybridized carbons (Fsp3) is 0.333. The summed E-state index contributed by atoms with van der Waals surface area (Å²) in [6.07, 6.45) is 2.11. The first-order valence-corrected chi connectivity index (χ1v) is 4.11. The molecule has 68 valence electrons. The van der Waals surface area contributed by atoms with Crippen molar-refractivity contribution in [3.63, 3.8) is 0 Å². The van der Waals surface area contributed by atoms with Gasteiger partial charge in [-0.05, 0) is 18.9 Å². The Balaban J connectivity index is 2.24. The number of rotatable bonds is 1. The maximum Gasteiger partial charge on any atom is 0.344 e. The Labute approximate surface area is 75.2 Å². The van der Waals surface area contributed by atoms with Crippen molar-refractivity contribution < 1.29 is 14.6 Å². The fourth-order valence-electron chi connectivity index (χ4n) is 1.37. The van der Waals surface area contributed by atoms with Gasteiger partial charge in [0.25, 0.3) is 0 Å². The summed E-state index contributed by atoms with van der Waals surface area (Å²) < 4.78 is 5.18. The van der Waals surface area contributed by atoms with Gasteiger partial charge in [0.2, 0.25) is 5.88 Å². The van der Waals surface area contributed by atoms with Crippen LogP contribution in [0.1, 0.15) is 12.0 Å². The monoisotopic (exact) mass is 179 g/mol. The zero-order chi connectivity index (χ0) is 9.26. The summed E-state index contributed by atoms with van der Waals surface area (Å²) in [5.41, 5.74) is 0.986. The number of nitrogens with zero attached hydrogens (tertiary/aromatic N) is 1. The van der Waals surface area contributed by atoms with Gasteiger partial charge in [0, 0.05) is 11.8 Å². The minimum absolute atomic E-state index is 0.459. The number of hydrogen-bond donors (Lipinski definition) is 1. The summed E-state index contributed by atoms with van der Waals surface area (Å²) >= 11 is 0. The molecule has 0 fully saturated rings. The molecular weight excluding hydrogens is 170 g/mol. The van der Waals surface area contributed by atoms with E-state index in [0.29, 0.717) is 12.3 Å². The summed E-state index contributed by atoms with van der Waals surface area (Å²) in [5, 5.41) is 8.71. The summed E-state index contributed by atoms with van der Waals surface area (Å²) in [6.45, 7) is 0. The molecule has 0 saturated carbocycles. The van der Waals surface area contributed by atoms with Crippen molar-refractivity contribution in [1.82, 2.24) is 4.98 Å². The lowest BCUT2D eigenvalue weighted by Gasteiger charge is -2.21. The van der Waals surface area contributed by atoms with Crippen molar-refractivity contribution in [2.45, 2.75) is 18.9 Å². The van der Waals surface area contributed by atoms with Crippen LogP contribution in [0.5, 0.6) is 5.88 Å². The molecule has 2 rings (SSSR count). The summed E-state index contributed by atoms with van der Waals surface area (Å²) in [4.78, 5) is 14.6. The predicted octanol–water partition coefficient (Wildman–Crippen LogP) is 0.860. The lowest BCUT2D eigenvalue weighted by Crippen LogP contribution is -2.31. The van der Waals surface area contributed by atoms with Gasteiger partial charge in [-0.1, -0.05) is 6.07 Å². The lowest BCUT2D eigenvalue weighted by atomic mass is 10.1. The first-order valence-electron chi connectivity index (χ1n) is 4.11. The average molecular weight is 179 g/mol. The van der Waals surface area contributed by atoms with E-state index in [2.05, 4.69) is 4.98 Å². The average Bonchev–Trinajstić information content (AvgIpc) is 2.17. The largest absolute Gasteiger partial charge is 0.479 e. The first-order chi connectivity index (χ1) is 6.27. The van der Waals surface area contributed by atoms with E-state index in [0.717, 1.165) is 12.0 Å². The summed E-state index contributed by atoms with van der Waals surface area (Å²) in [7, 11) is 0. The van der Waals surface area contributed by atoms with Gasteiger partial charge in [0.05, 0.1) is 0 Å². The number of carbonyl (C=O) groups is 1. The molecule has 4 nitrogen and oxygen atoms in total. The van der Waals surface area contributed by atoms with Gasteiger partial charge in [-0.15, -0.1) is 0 Å². The second-order valence-corrected chi connectivity index (χ2v) is 2.95. The quantitative estimate of drug-likeness (QED) is 0.694. The first kappa shape index (κ1) is 8.04. The maximum atomic E-state index is 10.6. The molecule has 1 aliphatic heterocycles. The van der Waals surface area contributed by atoms with Gasteiger partial charge in [-0.3, -0.25) is 0 Å². The number of aromatic nitrogens is 1. The third-order valence-electron chi connectivity index (χ3n) is 2.06. The molecule has 1 N–H and O–H groups in total. The molecule has 0 aliphatic carbocycles. The zero-order valence-electron chi connectivity index (χ0n) is 6.93. The molecule has 2 heterocycles. The molecule has 0 aromatic carbocycles. The van der Waals surface area contributed by atoms with Gasteiger partial charge >= 0.3 is 5.97 Å². The molecule has 1 aromatic rings. The van der Waals surface area contributed by atoms with Crippen LogP contribution in [-0.2, 0) is 11.2 Å². The molecule has 4 heteroatoms. The molecule has 1 aliphatic rings. The highest BCUT2D eigenvalue weighted by molar-refractivity contribution is 5.73. The van der Waals surface area contributed by atoms with Crippen molar-refractivity contribution in [3.05, 3.63) is 23.9 Å². The van der Waals surface area contributed by atoms with Crippen LogP contribution in [0.3, 0.4) is 0 Å². The number of pyridine rings is 1. The number of aliphatic carboxylic acids is 1. The number of ether oxygens (including phenoxy) is 1. The highest BCUT2D eigenvalue weighted by atomic mass is 16.5. The van der Waals surface area contributed by atoms with Crippen LogP contribution < -0.4 is 4.74 Å². The van der Waals surface area contributed by atoms with Gasteiger partial charge in [0.15, 0.2) is 6.10 Å². The van der Waals surface area contributed by atoms with Crippen molar-refractivity contribution in [2.24, 2.45) is 0 Å². The topological polar surface area (TPSA) is 59.4 Å². The molecule has 0 spiro atoms. The number of aryl methyl sites for hydroxylation is 1. The van der Waals surface area contributed by atoms with E-state index in [1.165, 1.54) is 0 Å². The zero-order valence-corrected chi connectivity index (χ0v) is 6.93. The highest BCUT2D eigenvalue weighted by Crippen LogP contribution is 2.24. The Morgan fingerprint density at radius 2 is 2.54 bits per heavy atom. The van der Waals surface area contributed by atoms with E-state index in [-0.39, 0.29) is 0 Å². The Hall–Kier alpha value is -1.58. The van der Waals surface area contributed by atoms with Crippen LogP contribution in [0.4, 0.5) is 0 Å². The Morgan fingerprint density at radius 3 is 3.31 bits per heavy atom. The molecule has 13 heavy (non-hydrogen) atoms. The molecule has 1 unspecified atom stereocenters. The van der Waals surface area contributed by atoms with Crippen LogP contribution in [0, 0.1) is 0 Å². The normalized spacial score (nSPS) is 20.2. The number of carboxylic acid groups (broad SMARTS) is 1. The number of fused-ring (bicyclic) bond motifs is 1. The molecule has 1 aromatic heterocycles. The Morgan fingerprint density at radius 1 is 1.69 bits per heavy atom. The van der Waals surface area contributed by atoms with Crippen LogP contribution >= 0.6 is 0 Å². The fourth-order valence-corrected chi connectivity index (χ4v) is 1.37. The van der Waals surface area contributed by atoms with Crippen LogP contribution in [0.25, 0.3) is 0 Å². The number of hydrogen-bond acceptors (Lipinski definition) is 3. The highest BCUT2D eigenvalue weighted by Gasteiger charge is 2.25. The molecule has 1 atom stereocenters. The number of carboxylic acids is 1. The van der Waals surface area contributed by atoms with E-state index in [9.17, 15) is 4.79 Å². The third-order valence-corrected chi connectivity index (χ3v) is 2.06. The standard InChI is InChI=1S/C9H9NO3/c11-9(12)7-4-3-6-2-1-5-10-8(6)13-7/h1-2,5,7H,3-4H2,(H,11,12). The van der Waals surface area contributed by atoms with Gasteiger partial charge in [-0.2, -0.15) is 0 Å². The van der Waals surface area contributed by atoms with Gasteiger partial charge < -0.3 is 9.84 Å². The van der Waals surface area contributed by atoms with Gasteiger partial charge in [-0.25, -0.2) is 9.78 Å². The van der Waals surface area contributed by atoms with E-state index in [1.807, 2.05) is 12.1 Å². The Bertz CT molecular complexity index is 337. The predicted molar refractivity (Wildman–Crippen MR) is 44.6 cm³/mol. The van der Waals surface area contributed by atoms with Crippen molar-refractivity contribution >= 4 is 5.97 Å². The minimum atomic E-state index is -0.920. The summed E-state index contributed by atoms with van der Waals surface area (Å²) in [5.74, 6) is -0.461. The second kappa shape index (κ2) is 3.05. The maximum absolute atomic E-state index is 10.6. The minimum Gasteiger partial charge on any atom is -0.479 e. The van der Waals surface area contributed by atoms with Gasteiger partial charge in [0.1, 0.15) is 0 Å². The molecular formula is C9H9NO3. The second-order valence-electron chi connectivity index (χ2n) is 2.95. The molecule has 0 amide bonds. The van der Waals surface area contributed by atoms with E-state index in [4.69, 9.17) is 9.84 Å².